The molecule has 1 aromatic rings. The zero-order valence-electron chi connectivity index (χ0n) is 12.1. The number of hydrogen-bond acceptors (Lipinski definition) is 1. The van der Waals surface area contributed by atoms with Crippen LogP contribution in [-0.2, 0) is 6.42 Å². The molecular weight excluding hydrogens is 206 g/mol. The molecule has 1 aromatic carbocycles. The average Bonchev–Trinajstić information content (AvgIpc) is 2.33. The smallest absolute Gasteiger partial charge is 0.000779 e. The van der Waals surface area contributed by atoms with Gasteiger partial charge in [-0.2, -0.15) is 0 Å². The van der Waals surface area contributed by atoms with Crippen molar-refractivity contribution in [2.24, 2.45) is 5.41 Å². The molecule has 17 heavy (non-hydrogen) atoms. The highest BCUT2D eigenvalue weighted by Crippen LogP contribution is 2.30. The van der Waals surface area contributed by atoms with Crippen LogP contribution in [0.2, 0.25) is 0 Å². The van der Waals surface area contributed by atoms with Crippen LogP contribution in [0.4, 0.5) is 0 Å². The van der Waals surface area contributed by atoms with E-state index < -0.39 is 0 Å². The number of nitrogens with one attached hydrogen (secondary N) is 1. The van der Waals surface area contributed by atoms with E-state index in [1.807, 2.05) is 0 Å². The summed E-state index contributed by atoms with van der Waals surface area (Å²) >= 11 is 0. The summed E-state index contributed by atoms with van der Waals surface area (Å²) in [6.45, 7) is 10.1. The van der Waals surface area contributed by atoms with Gasteiger partial charge in [0.15, 0.2) is 0 Å². The predicted molar refractivity (Wildman–Crippen MR) is 76.6 cm³/mol. The highest BCUT2D eigenvalue weighted by molar-refractivity contribution is 5.30. The van der Waals surface area contributed by atoms with Crippen molar-refractivity contribution in [2.75, 3.05) is 13.6 Å². The van der Waals surface area contributed by atoms with Crippen LogP contribution in [-0.4, -0.2) is 13.6 Å². The number of rotatable bonds is 6. The minimum absolute atomic E-state index is 0.413. The van der Waals surface area contributed by atoms with Crippen molar-refractivity contribution in [1.29, 1.82) is 0 Å². The molecule has 0 unspecified atom stereocenters. The van der Waals surface area contributed by atoms with E-state index in [2.05, 4.69) is 58.3 Å². The van der Waals surface area contributed by atoms with Crippen molar-refractivity contribution < 1.29 is 0 Å². The Morgan fingerprint density at radius 1 is 1.06 bits per heavy atom. The van der Waals surface area contributed by atoms with Gasteiger partial charge >= 0.3 is 0 Å². The van der Waals surface area contributed by atoms with Crippen LogP contribution in [0, 0.1) is 19.3 Å². The Hall–Kier alpha value is -0.820. The van der Waals surface area contributed by atoms with Gasteiger partial charge in [0.25, 0.3) is 0 Å². The molecule has 0 aliphatic carbocycles. The molecule has 96 valence electrons. The van der Waals surface area contributed by atoms with Gasteiger partial charge in [-0.05, 0) is 62.3 Å². The monoisotopic (exact) mass is 233 g/mol. The summed E-state index contributed by atoms with van der Waals surface area (Å²) < 4.78 is 0. The maximum absolute atomic E-state index is 3.36. The lowest BCUT2D eigenvalue weighted by Crippen LogP contribution is -2.33. The molecule has 0 saturated heterocycles. The summed E-state index contributed by atoms with van der Waals surface area (Å²) in [5.74, 6) is 0. The molecular formula is C16H27N. The Balaban J connectivity index is 2.89. The van der Waals surface area contributed by atoms with Crippen LogP contribution in [0.1, 0.15) is 43.4 Å². The summed E-state index contributed by atoms with van der Waals surface area (Å²) in [6.07, 6.45) is 3.65. The summed E-state index contributed by atoms with van der Waals surface area (Å²) in [5, 5.41) is 3.36. The molecule has 0 atom stereocenters. The van der Waals surface area contributed by atoms with E-state index in [1.165, 1.54) is 36.0 Å². The van der Waals surface area contributed by atoms with Gasteiger partial charge in [0.2, 0.25) is 0 Å². The van der Waals surface area contributed by atoms with Gasteiger partial charge in [-0.25, -0.2) is 0 Å². The molecule has 0 saturated carbocycles. The molecule has 0 aliphatic rings. The molecule has 1 N–H and O–H groups in total. The van der Waals surface area contributed by atoms with Gasteiger partial charge in [0.1, 0.15) is 0 Å². The fourth-order valence-electron chi connectivity index (χ4n) is 2.53. The van der Waals surface area contributed by atoms with Crippen molar-refractivity contribution in [2.45, 2.75) is 47.0 Å². The van der Waals surface area contributed by atoms with Crippen LogP contribution >= 0.6 is 0 Å². The molecule has 0 fully saturated rings. The number of aryl methyl sites for hydroxylation is 2. The van der Waals surface area contributed by atoms with E-state index in [1.54, 1.807) is 0 Å². The first-order valence-electron chi connectivity index (χ1n) is 6.77. The van der Waals surface area contributed by atoms with Crippen LogP contribution in [0.25, 0.3) is 0 Å². The Morgan fingerprint density at radius 2 is 1.71 bits per heavy atom. The van der Waals surface area contributed by atoms with E-state index in [0.717, 1.165) is 6.54 Å². The van der Waals surface area contributed by atoms with Crippen molar-refractivity contribution in [3.63, 3.8) is 0 Å². The molecule has 0 spiro atoms. The van der Waals surface area contributed by atoms with Crippen molar-refractivity contribution >= 4 is 0 Å². The lowest BCUT2D eigenvalue weighted by atomic mass is 9.76. The molecule has 0 amide bonds. The first-order valence-corrected chi connectivity index (χ1v) is 6.77. The third kappa shape index (κ3) is 3.57. The van der Waals surface area contributed by atoms with Crippen LogP contribution in [0.5, 0.6) is 0 Å². The Bertz CT molecular complexity index is 351. The number of benzene rings is 1. The summed E-state index contributed by atoms with van der Waals surface area (Å²) in [4.78, 5) is 0. The molecule has 1 nitrogen and oxygen atoms in total. The predicted octanol–water partition coefficient (Wildman–Crippen LogP) is 3.87. The Morgan fingerprint density at radius 3 is 2.18 bits per heavy atom. The third-order valence-corrected chi connectivity index (χ3v) is 4.20. The Labute approximate surface area is 107 Å². The molecule has 1 rings (SSSR count). The van der Waals surface area contributed by atoms with Gasteiger partial charge in [-0.3, -0.25) is 0 Å². The lowest BCUT2D eigenvalue weighted by Gasteiger charge is -2.32. The van der Waals surface area contributed by atoms with Gasteiger partial charge < -0.3 is 5.32 Å². The fourth-order valence-corrected chi connectivity index (χ4v) is 2.53. The van der Waals surface area contributed by atoms with Gasteiger partial charge in [0, 0.05) is 6.54 Å². The average molecular weight is 233 g/mol. The second-order valence-electron chi connectivity index (χ2n) is 5.33. The van der Waals surface area contributed by atoms with Crippen LogP contribution < -0.4 is 5.32 Å². The molecule has 0 bridgehead atoms. The summed E-state index contributed by atoms with van der Waals surface area (Å²) in [6, 6.07) is 6.89. The first-order chi connectivity index (χ1) is 8.06. The highest BCUT2D eigenvalue weighted by atomic mass is 14.8. The SMILES string of the molecule is CCC(CC)(CNC)Cc1ccc(C)c(C)c1. The Kier molecular flexibility index (Phi) is 5.20. The largest absolute Gasteiger partial charge is 0.319 e. The van der Waals surface area contributed by atoms with E-state index in [4.69, 9.17) is 0 Å². The van der Waals surface area contributed by atoms with Crippen molar-refractivity contribution in [1.82, 2.24) is 5.32 Å². The van der Waals surface area contributed by atoms with Crippen LogP contribution in [0.15, 0.2) is 18.2 Å². The minimum atomic E-state index is 0.413. The molecule has 0 aliphatic heterocycles. The second kappa shape index (κ2) is 6.20. The number of hydrogen-bond donors (Lipinski definition) is 1. The topological polar surface area (TPSA) is 12.0 Å². The summed E-state index contributed by atoms with van der Waals surface area (Å²) in [5.41, 5.74) is 4.69. The van der Waals surface area contributed by atoms with E-state index >= 15 is 0 Å². The quantitative estimate of drug-likeness (QED) is 0.786. The zero-order valence-corrected chi connectivity index (χ0v) is 12.1. The third-order valence-electron chi connectivity index (χ3n) is 4.20. The van der Waals surface area contributed by atoms with Gasteiger partial charge in [-0.15, -0.1) is 0 Å². The zero-order chi connectivity index (χ0) is 12.9. The van der Waals surface area contributed by atoms with E-state index in [-0.39, 0.29) is 0 Å². The van der Waals surface area contributed by atoms with Crippen molar-refractivity contribution in [3.8, 4) is 0 Å². The lowest BCUT2D eigenvalue weighted by molar-refractivity contribution is 0.253. The molecule has 0 radical (unpaired) electrons. The van der Waals surface area contributed by atoms with Gasteiger partial charge in [0.05, 0.1) is 0 Å². The standard InChI is InChI=1S/C16H27N/c1-6-16(7-2,12-17-5)11-15-9-8-13(3)14(4)10-15/h8-10,17H,6-7,11-12H2,1-5H3. The fraction of sp³-hybridized carbons (Fsp3) is 0.625. The minimum Gasteiger partial charge on any atom is -0.319 e. The van der Waals surface area contributed by atoms with Crippen LogP contribution in [0.3, 0.4) is 0 Å². The molecule has 0 heterocycles. The molecule has 1 heteroatoms. The first kappa shape index (κ1) is 14.2. The summed E-state index contributed by atoms with van der Waals surface area (Å²) in [7, 11) is 2.06. The van der Waals surface area contributed by atoms with E-state index in [0.29, 0.717) is 5.41 Å². The second-order valence-corrected chi connectivity index (χ2v) is 5.33. The van der Waals surface area contributed by atoms with Gasteiger partial charge in [-0.1, -0.05) is 32.0 Å². The maximum Gasteiger partial charge on any atom is 0.000779 e. The van der Waals surface area contributed by atoms with E-state index in [9.17, 15) is 0 Å². The maximum atomic E-state index is 3.36. The normalized spacial score (nSPS) is 11.8. The highest BCUT2D eigenvalue weighted by Gasteiger charge is 2.25. The molecule has 0 aromatic heterocycles. The van der Waals surface area contributed by atoms with Crippen molar-refractivity contribution in [3.05, 3.63) is 34.9 Å².